The summed E-state index contributed by atoms with van der Waals surface area (Å²) in [6.45, 7) is -1.28. The number of aromatic nitrogens is 4. The number of nitrogens with two attached hydrogens (primary N) is 2. The number of nitrogens with zero attached hydrogens (tertiary/aromatic N) is 12. The van der Waals surface area contributed by atoms with Crippen LogP contribution in [0.3, 0.4) is 0 Å². The van der Waals surface area contributed by atoms with Crippen LogP contribution in [-0.2, 0) is 57.4 Å². The molecule has 4 saturated heterocycles. The average Bonchev–Trinajstić information content (AvgIpc) is 1.65. The van der Waals surface area contributed by atoms with Crippen LogP contribution in [-0.4, -0.2) is 260 Å². The van der Waals surface area contributed by atoms with E-state index in [0.717, 1.165) is 69.9 Å². The van der Waals surface area contributed by atoms with E-state index in [1.807, 2.05) is 42.5 Å². The number of ether oxygens (including phenoxy) is 6. The third-order valence-corrected chi connectivity index (χ3v) is 25.4. The van der Waals surface area contributed by atoms with Crippen LogP contribution in [0.1, 0.15) is 124 Å². The lowest BCUT2D eigenvalue weighted by atomic mass is 10.0. The summed E-state index contributed by atoms with van der Waals surface area (Å²) >= 11 is 0. The molecule has 9 aromatic rings. The minimum absolute atomic E-state index is 0.00529. The number of halogens is 7. The zero-order valence-electron chi connectivity index (χ0n) is 80.7. The molecule has 149 heavy (non-hydrogen) atoms. The van der Waals surface area contributed by atoms with E-state index in [-0.39, 0.29) is 157 Å². The topological polar surface area (TPSA) is 560 Å². The van der Waals surface area contributed by atoms with Gasteiger partial charge in [-0.3, -0.25) is 57.9 Å². The lowest BCUT2D eigenvalue weighted by molar-refractivity contribution is -0.167. The van der Waals surface area contributed by atoms with Crippen molar-refractivity contribution in [3.8, 4) is 92.0 Å². The molecule has 17 rings (SSSR count). The van der Waals surface area contributed by atoms with Gasteiger partial charge in [0, 0.05) is 129 Å². The summed E-state index contributed by atoms with van der Waals surface area (Å²) in [5, 5.41) is 85.3. The number of benzene rings is 6. The Morgan fingerprint density at radius 2 is 0.832 bits per heavy atom. The minimum Gasteiger partial charge on any atom is -0.486 e. The van der Waals surface area contributed by atoms with Crippen molar-refractivity contribution in [3.05, 3.63) is 192 Å². The second-order valence-electron chi connectivity index (χ2n) is 37.0. The third kappa shape index (κ3) is 28.6. The second-order valence-corrected chi connectivity index (χ2v) is 37.0. The van der Waals surface area contributed by atoms with E-state index in [0.29, 0.717) is 69.0 Å². The monoisotopic (exact) mass is 2060 g/mol. The van der Waals surface area contributed by atoms with Gasteiger partial charge in [-0.15, -0.1) is 10.2 Å². The SMILES string of the molecule is C[C@@H](N)C(=O)OCC(=O)N1CC[C@H](Oc2ccc(-c3cc(NC(=O)C4CC4)ccn3)cc2C#N)C(F)(F)C1.C[C@H](N)C(=O)OCC(=O)N1CC[C@H](Oc2ccc(-c3cc(NC(=O)C4CC4)ccn3)cc2C#N)C(F)(F)C1.Cc1nnc([C@@H]2CC2C(=O)Nc2cccc(-c3ccc(O[C@H]4CCN(C(=O)CO)C[C@H]4F)c(C#N)c3)c2)o1.N#Cc1cc(-c2cccc(NC(=O)C3CC3)c2)ccc1O[C@H]1CCN(C(=O)[C@@H](O)CO)CC1(F)F. The Hall–Kier alpha value is -16.1. The molecule has 4 aliphatic heterocycles. The molecule has 0 radical (unpaired) electrons. The van der Waals surface area contributed by atoms with Gasteiger partial charge in [0.15, 0.2) is 43.8 Å². The van der Waals surface area contributed by atoms with Crippen molar-refractivity contribution in [3.63, 3.8) is 0 Å². The standard InChI is InChI=1S/C27H26FN5O5.2C26H27F2N5O5.C25H25F2N3O5/c1-15-31-32-27(37-15)21-11-20(21)26(36)30-19-4-2-3-16(10-19)17-5-6-23(18(9-17)12-29)38-24-7-8-33(13-22(24)28)25(35)14-34;2*1-15(30)25(36)37-13-23(34)33-9-7-22(26(27,28)14-33)38-21-5-4-17(10-18(21)12-29)20-11-19(6-8-31-20)32-24(35)16-2-3-16;26-25(27)14-30(24(34)20(32)13-31)9-8-22(25)35-21-7-6-17(10-18(21)12-28)16-2-1-3-19(11-16)29-23(33)15-4-5-15/h2-6,9-10,20-22,24,34H,7-8,11,13-14H2,1H3,(H,30,36);2*4-6,8,10-11,15-16,22H,2-3,7,9,13-14,30H2,1H3,(H,31,32,35);1-3,6-7,10-11,15,20,22,31-32H,4-5,8-9,13-14H2,(H,29,33)/t20?,21-,22-,24+;15-,22+;15-,22-;20-,22-/m1100/s1. The number of likely N-dealkylation sites (tertiary alicyclic amines) is 4. The molecule has 1 unspecified atom stereocenters. The van der Waals surface area contributed by atoms with Gasteiger partial charge in [0.05, 0.1) is 72.3 Å². The molecule has 4 aliphatic carbocycles. The fourth-order valence-corrected chi connectivity index (χ4v) is 16.4. The van der Waals surface area contributed by atoms with Gasteiger partial charge < -0.3 is 100 Å². The summed E-state index contributed by atoms with van der Waals surface area (Å²) in [5.41, 5.74) is 18.5. The van der Waals surface area contributed by atoms with Crippen LogP contribution in [0.25, 0.3) is 44.8 Å². The van der Waals surface area contributed by atoms with Crippen molar-refractivity contribution < 1.29 is 127 Å². The zero-order chi connectivity index (χ0) is 107. The summed E-state index contributed by atoms with van der Waals surface area (Å²) < 4.78 is 141. The van der Waals surface area contributed by atoms with E-state index in [1.165, 1.54) is 67.5 Å². The largest absolute Gasteiger partial charge is 0.486 e. The molecule has 6 aromatic carbocycles. The summed E-state index contributed by atoms with van der Waals surface area (Å²) in [7, 11) is 0. The van der Waals surface area contributed by atoms with Gasteiger partial charge in [0.2, 0.25) is 41.3 Å². The van der Waals surface area contributed by atoms with Crippen molar-refractivity contribution in [1.29, 1.82) is 21.0 Å². The number of anilines is 4. The van der Waals surface area contributed by atoms with Crippen LogP contribution in [0.4, 0.5) is 53.5 Å². The number of piperidine rings is 4. The molecule has 3 aromatic heterocycles. The smallest absolute Gasteiger partial charge is 0.323 e. The summed E-state index contributed by atoms with van der Waals surface area (Å²) in [6, 6.07) is 45.9. The Balaban J connectivity index is 0.000000157. The molecule has 0 bridgehead atoms. The molecule has 11 N–H and O–H groups in total. The Morgan fingerprint density at radius 1 is 0.463 bits per heavy atom. The van der Waals surface area contributed by atoms with Crippen molar-refractivity contribution in [1.82, 2.24) is 39.8 Å². The minimum atomic E-state index is -3.43. The van der Waals surface area contributed by atoms with E-state index < -0.39 is 148 Å². The third-order valence-electron chi connectivity index (χ3n) is 25.4. The maximum absolute atomic E-state index is 14.9. The lowest BCUT2D eigenvalue weighted by Gasteiger charge is -2.38. The normalized spacial score (nSPS) is 20.2. The molecule has 8 aliphatic rings. The number of pyridine rings is 2. The molecule has 38 nitrogen and oxygen atoms in total. The number of carbonyl (C=O) groups is 10. The first-order valence-electron chi connectivity index (χ1n) is 47.9. The first kappa shape index (κ1) is 109. The van der Waals surface area contributed by atoms with E-state index in [2.05, 4.69) is 47.5 Å². The Bertz CT molecular complexity index is 6480. The highest BCUT2D eigenvalue weighted by molar-refractivity contribution is 5.98. The molecule has 10 atom stereocenters. The number of nitriles is 4. The molecular formula is C104H105F7N18O20. The molecule has 4 saturated carbocycles. The highest BCUT2D eigenvalue weighted by atomic mass is 19.3. The zero-order valence-corrected chi connectivity index (χ0v) is 80.7. The Labute approximate surface area is 848 Å². The van der Waals surface area contributed by atoms with Crippen LogP contribution in [0, 0.1) is 75.9 Å². The van der Waals surface area contributed by atoms with Crippen LogP contribution in [0.15, 0.2) is 162 Å². The number of aliphatic hydroxyl groups excluding tert-OH is 3. The van der Waals surface area contributed by atoms with Gasteiger partial charge in [-0.1, -0.05) is 36.4 Å². The number of alkyl halides is 7. The van der Waals surface area contributed by atoms with Gasteiger partial charge in [-0.05, 0) is 190 Å². The average molecular weight is 2060 g/mol. The number of rotatable bonds is 30. The van der Waals surface area contributed by atoms with Crippen LogP contribution >= 0.6 is 0 Å². The van der Waals surface area contributed by atoms with E-state index in [9.17, 15) is 105 Å². The van der Waals surface area contributed by atoms with E-state index in [1.54, 1.807) is 91.9 Å². The fourth-order valence-electron chi connectivity index (χ4n) is 16.4. The maximum Gasteiger partial charge on any atom is 0.323 e. The molecule has 8 fully saturated rings. The van der Waals surface area contributed by atoms with E-state index >= 15 is 0 Å². The predicted octanol–water partition coefficient (Wildman–Crippen LogP) is 10.5. The van der Waals surface area contributed by atoms with E-state index in [4.69, 9.17) is 54.5 Å². The fraction of sp³-hybridized carbons (Fsp3) is 0.404. The highest BCUT2D eigenvalue weighted by Crippen LogP contribution is 2.48. The van der Waals surface area contributed by atoms with Gasteiger partial charge in [-0.25, -0.2) is 30.7 Å². The summed E-state index contributed by atoms with van der Waals surface area (Å²) in [6.07, 6.45) is -0.127. The summed E-state index contributed by atoms with van der Waals surface area (Å²) in [5.74, 6) is -14.2. The summed E-state index contributed by atoms with van der Waals surface area (Å²) in [4.78, 5) is 132. The highest BCUT2D eigenvalue weighted by Gasteiger charge is 2.53. The van der Waals surface area contributed by atoms with Gasteiger partial charge in [-0.2, -0.15) is 21.0 Å². The molecule has 7 heterocycles. The number of nitrogens with one attached hydrogen (secondary N) is 4. The number of hydrogen-bond acceptors (Lipinski definition) is 30. The Morgan fingerprint density at radius 3 is 1.20 bits per heavy atom. The molecule has 45 heteroatoms. The van der Waals surface area contributed by atoms with Gasteiger partial charge in [0.25, 0.3) is 17.7 Å². The first-order valence-corrected chi connectivity index (χ1v) is 47.9. The molecule has 0 spiro atoms. The quantitative estimate of drug-likeness (QED) is 0.0149. The van der Waals surface area contributed by atoms with Crippen LogP contribution in [0.2, 0.25) is 0 Å². The maximum atomic E-state index is 14.9. The van der Waals surface area contributed by atoms with Crippen LogP contribution < -0.4 is 51.7 Å². The number of aliphatic hydroxyl groups is 3. The van der Waals surface area contributed by atoms with Crippen molar-refractivity contribution >= 4 is 81.9 Å². The number of carbonyl (C=O) groups excluding carboxylic acids is 10. The lowest BCUT2D eigenvalue weighted by Crippen LogP contribution is -2.57. The first-order chi connectivity index (χ1) is 71.2. The molecular weight excluding hydrogens is 1950 g/mol. The predicted molar refractivity (Wildman–Crippen MR) is 516 cm³/mol. The molecule has 780 valence electrons. The number of esters is 2. The number of hydrogen-bond donors (Lipinski definition) is 9. The second kappa shape index (κ2) is 48.1. The number of aryl methyl sites for hydroxylation is 1. The number of amides is 8. The van der Waals surface area contributed by atoms with Crippen molar-refractivity contribution in [2.24, 2.45) is 35.1 Å². The van der Waals surface area contributed by atoms with Gasteiger partial charge >= 0.3 is 29.7 Å². The van der Waals surface area contributed by atoms with Crippen LogP contribution in [0.5, 0.6) is 23.0 Å². The van der Waals surface area contributed by atoms with Gasteiger partial charge in [0.1, 0.15) is 72.1 Å². The van der Waals surface area contributed by atoms with Crippen molar-refractivity contribution in [2.45, 2.75) is 164 Å². The molecule has 8 amide bonds. The Kier molecular flexibility index (Phi) is 35.0. The van der Waals surface area contributed by atoms with Crippen molar-refractivity contribution in [2.75, 3.05) is 100 Å².